The molecule has 0 bridgehead atoms. The fourth-order valence-corrected chi connectivity index (χ4v) is 2.45. The fraction of sp³-hybridized carbons (Fsp3) is 0.929. The van der Waals surface area contributed by atoms with Crippen molar-refractivity contribution in [2.75, 3.05) is 6.54 Å². The normalized spacial score (nSPS) is 19.4. The summed E-state index contributed by atoms with van der Waals surface area (Å²) in [6, 6.07) is 0. The zero-order chi connectivity index (χ0) is 12.9. The lowest BCUT2D eigenvalue weighted by Gasteiger charge is -2.33. The van der Waals surface area contributed by atoms with Gasteiger partial charge in [-0.3, -0.25) is 4.79 Å². The standard InChI is InChI=1S/C14H28N2O.ClH/c1-11(2)14(3,10-15)16-13(17)9-8-12-6-4-5-7-12;/h11-12H,4-10,15H2,1-3H3,(H,16,17);1H. The Labute approximate surface area is 118 Å². The molecule has 4 heteroatoms. The van der Waals surface area contributed by atoms with Gasteiger partial charge < -0.3 is 11.1 Å². The van der Waals surface area contributed by atoms with Crippen LogP contribution in [0.1, 0.15) is 59.3 Å². The minimum absolute atomic E-state index is 0. The fourth-order valence-electron chi connectivity index (χ4n) is 2.45. The van der Waals surface area contributed by atoms with Gasteiger partial charge in [-0.1, -0.05) is 39.5 Å². The van der Waals surface area contributed by atoms with Crippen molar-refractivity contribution in [3.63, 3.8) is 0 Å². The summed E-state index contributed by atoms with van der Waals surface area (Å²) in [4.78, 5) is 11.9. The summed E-state index contributed by atoms with van der Waals surface area (Å²) in [6.07, 6.45) is 7.02. The molecule has 0 spiro atoms. The zero-order valence-corrected chi connectivity index (χ0v) is 12.8. The summed E-state index contributed by atoms with van der Waals surface area (Å²) < 4.78 is 0. The number of nitrogens with one attached hydrogen (secondary N) is 1. The van der Waals surface area contributed by atoms with Crippen LogP contribution < -0.4 is 11.1 Å². The average molecular weight is 277 g/mol. The molecular weight excluding hydrogens is 248 g/mol. The highest BCUT2D eigenvalue weighted by Gasteiger charge is 2.28. The number of amides is 1. The largest absolute Gasteiger partial charge is 0.349 e. The van der Waals surface area contributed by atoms with Crippen molar-refractivity contribution in [2.24, 2.45) is 17.6 Å². The third-order valence-corrected chi connectivity index (χ3v) is 4.38. The molecule has 1 unspecified atom stereocenters. The molecule has 108 valence electrons. The van der Waals surface area contributed by atoms with Crippen molar-refractivity contribution in [3.8, 4) is 0 Å². The van der Waals surface area contributed by atoms with Crippen molar-refractivity contribution in [2.45, 2.75) is 64.8 Å². The van der Waals surface area contributed by atoms with E-state index in [0.717, 1.165) is 12.3 Å². The lowest BCUT2D eigenvalue weighted by Crippen LogP contribution is -2.55. The molecule has 3 N–H and O–H groups in total. The highest BCUT2D eigenvalue weighted by Crippen LogP contribution is 2.28. The molecule has 1 aliphatic carbocycles. The van der Waals surface area contributed by atoms with Gasteiger partial charge in [0.05, 0.1) is 5.54 Å². The summed E-state index contributed by atoms with van der Waals surface area (Å²) >= 11 is 0. The molecule has 3 nitrogen and oxygen atoms in total. The molecule has 0 aromatic heterocycles. The van der Waals surface area contributed by atoms with Crippen LogP contribution in [0.4, 0.5) is 0 Å². The van der Waals surface area contributed by atoms with Gasteiger partial charge in [0, 0.05) is 13.0 Å². The van der Waals surface area contributed by atoms with E-state index in [2.05, 4.69) is 19.2 Å². The van der Waals surface area contributed by atoms with E-state index in [1.165, 1.54) is 25.7 Å². The molecule has 1 amide bonds. The molecule has 1 rings (SSSR count). The van der Waals surface area contributed by atoms with Gasteiger partial charge in [-0.25, -0.2) is 0 Å². The van der Waals surface area contributed by atoms with Gasteiger partial charge in [0.2, 0.25) is 5.91 Å². The molecule has 0 aromatic rings. The van der Waals surface area contributed by atoms with Gasteiger partial charge in [0.15, 0.2) is 0 Å². The number of halogens is 1. The predicted molar refractivity (Wildman–Crippen MR) is 78.9 cm³/mol. The van der Waals surface area contributed by atoms with Gasteiger partial charge in [0.25, 0.3) is 0 Å². The molecule has 1 fully saturated rings. The van der Waals surface area contributed by atoms with E-state index >= 15 is 0 Å². The van der Waals surface area contributed by atoms with Crippen molar-refractivity contribution in [1.82, 2.24) is 5.32 Å². The Balaban J connectivity index is 0.00000289. The number of carbonyl (C=O) groups is 1. The van der Waals surface area contributed by atoms with Gasteiger partial charge in [-0.05, 0) is 25.2 Å². The topological polar surface area (TPSA) is 55.1 Å². The smallest absolute Gasteiger partial charge is 0.220 e. The minimum Gasteiger partial charge on any atom is -0.349 e. The predicted octanol–water partition coefficient (Wildman–Crippen LogP) is 2.87. The van der Waals surface area contributed by atoms with Crippen LogP contribution >= 0.6 is 12.4 Å². The van der Waals surface area contributed by atoms with Crippen LogP contribution in [0.25, 0.3) is 0 Å². The Kier molecular flexibility index (Phi) is 7.88. The van der Waals surface area contributed by atoms with Crippen LogP contribution in [-0.2, 0) is 4.79 Å². The van der Waals surface area contributed by atoms with E-state index in [4.69, 9.17) is 5.73 Å². The maximum absolute atomic E-state index is 11.9. The van der Waals surface area contributed by atoms with Crippen LogP contribution in [0.3, 0.4) is 0 Å². The lowest BCUT2D eigenvalue weighted by atomic mass is 9.88. The summed E-state index contributed by atoms with van der Waals surface area (Å²) in [7, 11) is 0. The summed E-state index contributed by atoms with van der Waals surface area (Å²) in [6.45, 7) is 6.74. The number of carbonyl (C=O) groups excluding carboxylic acids is 1. The Hall–Kier alpha value is -0.280. The van der Waals surface area contributed by atoms with Crippen LogP contribution in [0, 0.1) is 11.8 Å². The highest BCUT2D eigenvalue weighted by atomic mass is 35.5. The van der Waals surface area contributed by atoms with Gasteiger partial charge in [0.1, 0.15) is 0 Å². The van der Waals surface area contributed by atoms with Gasteiger partial charge >= 0.3 is 0 Å². The van der Waals surface area contributed by atoms with Crippen molar-refractivity contribution in [3.05, 3.63) is 0 Å². The maximum Gasteiger partial charge on any atom is 0.220 e. The third-order valence-electron chi connectivity index (χ3n) is 4.38. The molecule has 1 atom stereocenters. The lowest BCUT2D eigenvalue weighted by molar-refractivity contribution is -0.123. The molecule has 18 heavy (non-hydrogen) atoms. The van der Waals surface area contributed by atoms with Crippen molar-refractivity contribution in [1.29, 1.82) is 0 Å². The monoisotopic (exact) mass is 276 g/mol. The highest BCUT2D eigenvalue weighted by molar-refractivity contribution is 5.85. The zero-order valence-electron chi connectivity index (χ0n) is 12.0. The van der Waals surface area contributed by atoms with Crippen molar-refractivity contribution < 1.29 is 4.79 Å². The first-order chi connectivity index (χ1) is 7.98. The molecule has 0 saturated heterocycles. The van der Waals surface area contributed by atoms with E-state index in [9.17, 15) is 4.79 Å². The van der Waals surface area contributed by atoms with Crippen LogP contribution in [0.5, 0.6) is 0 Å². The average Bonchev–Trinajstić information content (AvgIpc) is 2.78. The Morgan fingerprint density at radius 2 is 1.94 bits per heavy atom. The van der Waals surface area contributed by atoms with E-state index < -0.39 is 0 Å². The Morgan fingerprint density at radius 1 is 1.39 bits per heavy atom. The molecule has 1 aliphatic rings. The minimum atomic E-state index is -0.257. The first kappa shape index (κ1) is 17.7. The first-order valence-corrected chi connectivity index (χ1v) is 6.99. The molecule has 1 saturated carbocycles. The number of hydrogen-bond donors (Lipinski definition) is 2. The van der Waals surface area contributed by atoms with E-state index in [-0.39, 0.29) is 23.9 Å². The van der Waals surface area contributed by atoms with E-state index in [0.29, 0.717) is 18.9 Å². The quantitative estimate of drug-likeness (QED) is 0.784. The van der Waals surface area contributed by atoms with Crippen LogP contribution in [-0.4, -0.2) is 18.0 Å². The van der Waals surface area contributed by atoms with Crippen LogP contribution in [0.15, 0.2) is 0 Å². The summed E-state index contributed by atoms with van der Waals surface area (Å²) in [5.41, 5.74) is 5.50. The third kappa shape index (κ3) is 5.15. The molecule has 0 aromatic carbocycles. The number of nitrogens with two attached hydrogens (primary N) is 1. The summed E-state index contributed by atoms with van der Waals surface area (Å²) in [5, 5.41) is 3.10. The molecule has 0 radical (unpaired) electrons. The van der Waals surface area contributed by atoms with Gasteiger partial charge in [-0.2, -0.15) is 0 Å². The van der Waals surface area contributed by atoms with Crippen molar-refractivity contribution >= 4 is 18.3 Å². The van der Waals surface area contributed by atoms with E-state index in [1.807, 2.05) is 6.92 Å². The van der Waals surface area contributed by atoms with Gasteiger partial charge in [-0.15, -0.1) is 12.4 Å². The number of rotatable bonds is 6. The SMILES string of the molecule is CC(C)C(C)(CN)NC(=O)CCC1CCCC1.Cl. The summed E-state index contributed by atoms with van der Waals surface area (Å²) in [5.74, 6) is 1.31. The van der Waals surface area contributed by atoms with Crippen LogP contribution in [0.2, 0.25) is 0 Å². The Morgan fingerprint density at radius 3 is 2.39 bits per heavy atom. The molecular formula is C14H29ClN2O. The number of hydrogen-bond acceptors (Lipinski definition) is 2. The maximum atomic E-state index is 11.9. The molecule has 0 heterocycles. The second kappa shape index (κ2) is 8.00. The Bertz CT molecular complexity index is 252. The van der Waals surface area contributed by atoms with E-state index in [1.54, 1.807) is 0 Å². The first-order valence-electron chi connectivity index (χ1n) is 6.99. The second-order valence-electron chi connectivity index (χ2n) is 6.01. The molecule has 0 aliphatic heterocycles. The second-order valence-corrected chi connectivity index (χ2v) is 6.01.